The fraction of sp³-hybridized carbons (Fsp3) is 0.538. The number of alkyl halides is 2. The largest absolute Gasteiger partial charge is 0.346 e. The predicted molar refractivity (Wildman–Crippen MR) is 70.5 cm³/mol. The van der Waals surface area contributed by atoms with E-state index in [-0.39, 0.29) is 12.6 Å². The average molecular weight is 289 g/mol. The molecule has 0 fully saturated rings. The number of rotatable bonds is 5. The molecule has 1 aromatic carbocycles. The second-order valence-corrected chi connectivity index (χ2v) is 5.83. The van der Waals surface area contributed by atoms with Crippen LogP contribution in [0.4, 0.5) is 8.78 Å². The van der Waals surface area contributed by atoms with Crippen LogP contribution >= 0.6 is 0 Å². The van der Waals surface area contributed by atoms with Crippen LogP contribution in [0.25, 0.3) is 0 Å². The molecular formula is C13H17F2NO2S. The van der Waals surface area contributed by atoms with Crippen molar-refractivity contribution < 1.29 is 17.5 Å². The van der Waals surface area contributed by atoms with Crippen LogP contribution in [0.5, 0.6) is 0 Å². The number of fused-ring (bicyclic) bond motifs is 1. The van der Waals surface area contributed by atoms with Gasteiger partial charge in [-0.05, 0) is 30.4 Å². The molecule has 2 unspecified atom stereocenters. The van der Waals surface area contributed by atoms with Gasteiger partial charge in [0, 0.05) is 19.0 Å². The Labute approximate surface area is 113 Å². The third kappa shape index (κ3) is 3.58. The molecule has 0 radical (unpaired) electrons. The molecule has 0 aliphatic heterocycles. The molecule has 19 heavy (non-hydrogen) atoms. The molecule has 0 saturated heterocycles. The predicted octanol–water partition coefficient (Wildman–Crippen LogP) is 2.86. The summed E-state index contributed by atoms with van der Waals surface area (Å²) in [6.07, 6.45) is 2.32. The Morgan fingerprint density at radius 3 is 2.89 bits per heavy atom. The van der Waals surface area contributed by atoms with Gasteiger partial charge in [0.15, 0.2) is 0 Å². The highest BCUT2D eigenvalue weighted by Crippen LogP contribution is 2.30. The Balaban J connectivity index is 1.93. The van der Waals surface area contributed by atoms with Crippen LogP contribution in [0.1, 0.15) is 36.4 Å². The number of aryl methyl sites for hydroxylation is 1. The van der Waals surface area contributed by atoms with Crippen molar-refractivity contribution in [1.82, 2.24) is 5.32 Å². The van der Waals surface area contributed by atoms with Gasteiger partial charge in [-0.15, -0.1) is 0 Å². The molecule has 1 aliphatic carbocycles. The zero-order valence-corrected chi connectivity index (χ0v) is 11.3. The van der Waals surface area contributed by atoms with E-state index in [1.165, 1.54) is 5.56 Å². The molecule has 6 heteroatoms. The van der Waals surface area contributed by atoms with E-state index < -0.39 is 22.8 Å². The van der Waals surface area contributed by atoms with Crippen molar-refractivity contribution in [3.63, 3.8) is 0 Å². The maximum Gasteiger partial charge on any atom is 0.346 e. The fourth-order valence-electron chi connectivity index (χ4n) is 2.45. The molecule has 1 aliphatic rings. The molecule has 1 aromatic rings. The van der Waals surface area contributed by atoms with Gasteiger partial charge in [-0.2, -0.15) is 8.78 Å². The average Bonchev–Trinajstić information content (AvgIpc) is 2.38. The Morgan fingerprint density at radius 1 is 1.42 bits per heavy atom. The van der Waals surface area contributed by atoms with E-state index in [9.17, 15) is 13.0 Å². The second-order valence-electron chi connectivity index (χ2n) is 4.73. The van der Waals surface area contributed by atoms with Crippen molar-refractivity contribution in [2.24, 2.45) is 0 Å². The summed E-state index contributed by atoms with van der Waals surface area (Å²) in [6, 6.07) is 8.04. The summed E-state index contributed by atoms with van der Waals surface area (Å²) in [6.45, 7) is 0.0261. The van der Waals surface area contributed by atoms with Crippen molar-refractivity contribution in [3.8, 4) is 0 Å². The molecule has 3 nitrogen and oxygen atoms in total. The first-order chi connectivity index (χ1) is 9.00. The lowest BCUT2D eigenvalue weighted by Gasteiger charge is -2.27. The summed E-state index contributed by atoms with van der Waals surface area (Å²) in [5.41, 5.74) is 2.41. The highest BCUT2D eigenvalue weighted by atomic mass is 32.2. The van der Waals surface area contributed by atoms with Crippen LogP contribution in [-0.2, 0) is 17.5 Å². The van der Waals surface area contributed by atoms with Crippen LogP contribution in [0, 0.1) is 0 Å². The van der Waals surface area contributed by atoms with E-state index in [4.69, 9.17) is 4.55 Å². The van der Waals surface area contributed by atoms with E-state index in [1.54, 1.807) is 0 Å². The van der Waals surface area contributed by atoms with Crippen LogP contribution < -0.4 is 5.32 Å². The molecule has 0 amide bonds. The van der Waals surface area contributed by atoms with Crippen molar-refractivity contribution in [2.45, 2.75) is 37.0 Å². The summed E-state index contributed by atoms with van der Waals surface area (Å²) in [7, 11) is 0. The number of nitrogens with one attached hydrogen (secondary N) is 1. The van der Waals surface area contributed by atoms with Crippen LogP contribution in [0.2, 0.25) is 0 Å². The summed E-state index contributed by atoms with van der Waals surface area (Å²) >= 11 is -3.10. The van der Waals surface area contributed by atoms with Crippen LogP contribution in [0.3, 0.4) is 0 Å². The third-order valence-electron chi connectivity index (χ3n) is 3.43. The van der Waals surface area contributed by atoms with Crippen molar-refractivity contribution in [1.29, 1.82) is 0 Å². The van der Waals surface area contributed by atoms with Gasteiger partial charge in [0.2, 0.25) is 11.1 Å². The lowest BCUT2D eigenvalue weighted by molar-refractivity contribution is 0.0792. The third-order valence-corrected chi connectivity index (χ3v) is 4.15. The summed E-state index contributed by atoms with van der Waals surface area (Å²) in [5.74, 6) is 0. The van der Waals surface area contributed by atoms with Gasteiger partial charge in [0.1, 0.15) is 0 Å². The van der Waals surface area contributed by atoms with E-state index in [1.807, 2.05) is 18.2 Å². The van der Waals surface area contributed by atoms with Gasteiger partial charge >= 0.3 is 5.25 Å². The quantitative estimate of drug-likeness (QED) is 0.820. The minimum atomic E-state index is -3.54. The number of halogens is 2. The second kappa shape index (κ2) is 6.07. The molecular weight excluding hydrogens is 272 g/mol. The van der Waals surface area contributed by atoms with Gasteiger partial charge in [0.25, 0.3) is 0 Å². The van der Waals surface area contributed by atoms with Gasteiger partial charge in [-0.3, -0.25) is 0 Å². The molecule has 2 atom stereocenters. The molecule has 106 valence electrons. The molecule has 0 bridgehead atoms. The maximum absolute atomic E-state index is 13.0. The van der Waals surface area contributed by atoms with E-state index in [2.05, 4.69) is 11.4 Å². The lowest BCUT2D eigenvalue weighted by Crippen LogP contribution is -2.32. The summed E-state index contributed by atoms with van der Waals surface area (Å²) in [4.78, 5) is 0. The van der Waals surface area contributed by atoms with Crippen molar-refractivity contribution >= 4 is 11.1 Å². The van der Waals surface area contributed by atoms with E-state index >= 15 is 0 Å². The first-order valence-electron chi connectivity index (χ1n) is 6.30. The van der Waals surface area contributed by atoms with Crippen LogP contribution in [-0.4, -0.2) is 20.6 Å². The van der Waals surface area contributed by atoms with Crippen molar-refractivity contribution in [2.75, 3.05) is 6.54 Å². The summed E-state index contributed by atoms with van der Waals surface area (Å²) < 4.78 is 44.9. The van der Waals surface area contributed by atoms with Crippen molar-refractivity contribution in [3.05, 3.63) is 35.4 Å². The van der Waals surface area contributed by atoms with Gasteiger partial charge in [-0.1, -0.05) is 24.3 Å². The maximum atomic E-state index is 13.0. The molecule has 0 heterocycles. The standard InChI is InChI=1S/C13H17F2NO2S/c14-13(15,19(17)18)8-9-16-12-7-3-5-10-4-1-2-6-11(10)12/h1-2,4,6,12,16H,3,5,7-9H2,(H,17,18). The summed E-state index contributed by atoms with van der Waals surface area (Å²) in [5, 5.41) is -0.477. The van der Waals surface area contributed by atoms with Crippen LogP contribution in [0.15, 0.2) is 24.3 Å². The Hall–Kier alpha value is -0.850. The minimum absolute atomic E-state index is 0.0261. The van der Waals surface area contributed by atoms with Gasteiger partial charge < -0.3 is 9.87 Å². The Morgan fingerprint density at radius 2 is 2.16 bits per heavy atom. The molecule has 0 spiro atoms. The number of benzene rings is 1. The van der Waals surface area contributed by atoms with Gasteiger partial charge in [0.05, 0.1) is 0 Å². The Bertz CT molecular complexity index is 468. The fourth-order valence-corrected chi connectivity index (χ4v) is 2.72. The minimum Gasteiger partial charge on any atom is -0.310 e. The zero-order chi connectivity index (χ0) is 13.9. The monoisotopic (exact) mass is 289 g/mol. The lowest BCUT2D eigenvalue weighted by atomic mass is 9.88. The first kappa shape index (κ1) is 14.6. The Kier molecular flexibility index (Phi) is 4.65. The van der Waals surface area contributed by atoms with E-state index in [0.717, 1.165) is 24.8 Å². The zero-order valence-electron chi connectivity index (χ0n) is 10.4. The molecule has 2 rings (SSSR count). The normalized spacial score (nSPS) is 20.9. The molecule has 2 N–H and O–H groups in total. The number of hydrogen-bond acceptors (Lipinski definition) is 2. The van der Waals surface area contributed by atoms with E-state index in [0.29, 0.717) is 0 Å². The number of hydrogen-bond donors (Lipinski definition) is 2. The highest BCUT2D eigenvalue weighted by molar-refractivity contribution is 7.80. The molecule has 0 saturated carbocycles. The highest BCUT2D eigenvalue weighted by Gasteiger charge is 2.36. The van der Waals surface area contributed by atoms with Gasteiger partial charge in [-0.25, -0.2) is 4.21 Å². The SMILES string of the molecule is O=S(O)C(F)(F)CCNC1CCCc2ccccc21. The first-order valence-corrected chi connectivity index (χ1v) is 7.41. The topological polar surface area (TPSA) is 49.3 Å². The molecule has 0 aromatic heterocycles. The smallest absolute Gasteiger partial charge is 0.310 e.